The van der Waals surface area contributed by atoms with Crippen molar-refractivity contribution in [2.75, 3.05) is 33.2 Å². The first-order valence-electron chi connectivity index (χ1n) is 6.10. The summed E-state index contributed by atoms with van der Waals surface area (Å²) >= 11 is 5.28. The van der Waals surface area contributed by atoms with Crippen LogP contribution in [0.25, 0.3) is 0 Å². The molecule has 0 amide bonds. The Morgan fingerprint density at radius 3 is 3.24 bits per heavy atom. The molecule has 1 aliphatic rings. The van der Waals surface area contributed by atoms with E-state index in [9.17, 15) is 0 Å². The van der Waals surface area contributed by atoms with Crippen molar-refractivity contribution in [3.8, 4) is 0 Å². The van der Waals surface area contributed by atoms with Gasteiger partial charge in [-0.25, -0.2) is 0 Å². The molecule has 1 unspecified atom stereocenters. The van der Waals surface area contributed by atoms with Gasteiger partial charge in [0.05, 0.1) is 0 Å². The predicted octanol–water partition coefficient (Wildman–Crippen LogP) is 1.89. The van der Waals surface area contributed by atoms with Crippen LogP contribution in [0.3, 0.4) is 0 Å². The summed E-state index contributed by atoms with van der Waals surface area (Å²) in [6.07, 6.45) is 1.22. The van der Waals surface area contributed by atoms with Gasteiger partial charge in [0, 0.05) is 47.0 Å². The van der Waals surface area contributed by atoms with Gasteiger partial charge in [0.2, 0.25) is 0 Å². The van der Waals surface area contributed by atoms with E-state index < -0.39 is 0 Å². The molecule has 1 aromatic rings. The molecule has 0 aliphatic carbocycles. The zero-order valence-corrected chi connectivity index (χ0v) is 12.6. The predicted molar refractivity (Wildman–Crippen MR) is 77.6 cm³/mol. The van der Waals surface area contributed by atoms with Gasteiger partial charge < -0.3 is 15.5 Å². The lowest BCUT2D eigenvalue weighted by Crippen LogP contribution is -2.50. The lowest BCUT2D eigenvalue weighted by Gasteiger charge is -2.33. The minimum absolute atomic E-state index is 0.686. The number of hydrogen-bond acceptors (Lipinski definition) is 4. The van der Waals surface area contributed by atoms with Gasteiger partial charge in [-0.15, -0.1) is 11.3 Å². The SMILES string of the molecule is CN1CCNCC1CCNCc1cc(Br)cs1. The van der Waals surface area contributed by atoms with E-state index in [1.807, 2.05) is 0 Å². The largest absolute Gasteiger partial charge is 0.314 e. The van der Waals surface area contributed by atoms with Crippen LogP contribution < -0.4 is 10.6 Å². The molecule has 1 atom stereocenters. The van der Waals surface area contributed by atoms with Crippen molar-refractivity contribution in [1.29, 1.82) is 0 Å². The fourth-order valence-electron chi connectivity index (χ4n) is 2.11. The molecule has 1 saturated heterocycles. The molecule has 1 fully saturated rings. The molecule has 2 rings (SSSR count). The van der Waals surface area contributed by atoms with Crippen LogP contribution in [0.4, 0.5) is 0 Å². The number of hydrogen-bond donors (Lipinski definition) is 2. The zero-order chi connectivity index (χ0) is 12.1. The molecule has 0 bridgehead atoms. The van der Waals surface area contributed by atoms with E-state index in [4.69, 9.17) is 0 Å². The van der Waals surface area contributed by atoms with Crippen molar-refractivity contribution in [3.63, 3.8) is 0 Å². The molecule has 96 valence electrons. The third-order valence-corrected chi connectivity index (χ3v) is 4.92. The Kier molecular flexibility index (Phi) is 5.44. The van der Waals surface area contributed by atoms with Crippen LogP contribution in [0.2, 0.25) is 0 Å². The lowest BCUT2D eigenvalue weighted by molar-refractivity contribution is 0.189. The van der Waals surface area contributed by atoms with Gasteiger partial charge >= 0.3 is 0 Å². The summed E-state index contributed by atoms with van der Waals surface area (Å²) < 4.78 is 1.19. The first kappa shape index (κ1) is 13.5. The lowest BCUT2D eigenvalue weighted by atomic mass is 10.1. The van der Waals surface area contributed by atoms with E-state index in [1.165, 1.54) is 22.3 Å². The maximum atomic E-state index is 3.52. The van der Waals surface area contributed by atoms with Crippen LogP contribution in [0.1, 0.15) is 11.3 Å². The summed E-state index contributed by atoms with van der Waals surface area (Å²) in [4.78, 5) is 3.85. The second-order valence-electron chi connectivity index (χ2n) is 4.54. The van der Waals surface area contributed by atoms with Crippen molar-refractivity contribution < 1.29 is 0 Å². The number of halogens is 1. The van der Waals surface area contributed by atoms with Gasteiger partial charge in [-0.2, -0.15) is 0 Å². The van der Waals surface area contributed by atoms with E-state index in [0.29, 0.717) is 6.04 Å². The van der Waals surface area contributed by atoms with Crippen molar-refractivity contribution in [2.24, 2.45) is 0 Å². The quantitative estimate of drug-likeness (QED) is 0.812. The molecule has 0 radical (unpaired) electrons. The molecule has 0 aromatic carbocycles. The maximum Gasteiger partial charge on any atom is 0.0300 e. The Hall–Kier alpha value is 0.0600. The number of likely N-dealkylation sites (N-methyl/N-ethyl adjacent to an activating group) is 1. The number of thiophene rings is 1. The van der Waals surface area contributed by atoms with E-state index in [1.54, 1.807) is 11.3 Å². The molecule has 3 nitrogen and oxygen atoms in total. The topological polar surface area (TPSA) is 27.3 Å². The Morgan fingerprint density at radius 1 is 1.65 bits per heavy atom. The molecule has 1 aromatic heterocycles. The number of rotatable bonds is 5. The average Bonchev–Trinajstić information content (AvgIpc) is 2.73. The molecular weight excluding hydrogens is 298 g/mol. The van der Waals surface area contributed by atoms with Crippen LogP contribution in [-0.2, 0) is 6.54 Å². The van der Waals surface area contributed by atoms with E-state index in [0.717, 1.165) is 26.2 Å². The van der Waals surface area contributed by atoms with E-state index in [2.05, 4.69) is 50.0 Å². The third kappa shape index (κ3) is 4.34. The van der Waals surface area contributed by atoms with Gasteiger partial charge in [0.25, 0.3) is 0 Å². The standard InChI is InChI=1S/C12H20BrN3S/c1-16-5-4-15-7-11(16)2-3-14-8-12-6-10(13)9-17-12/h6,9,11,14-15H,2-5,7-8H2,1H3. The zero-order valence-electron chi connectivity index (χ0n) is 10.2. The van der Waals surface area contributed by atoms with Gasteiger partial charge in [-0.3, -0.25) is 0 Å². The molecule has 0 spiro atoms. The van der Waals surface area contributed by atoms with Crippen molar-refractivity contribution in [2.45, 2.75) is 19.0 Å². The highest BCUT2D eigenvalue weighted by atomic mass is 79.9. The number of piperazine rings is 1. The number of nitrogens with one attached hydrogen (secondary N) is 2. The van der Waals surface area contributed by atoms with Crippen LogP contribution >= 0.6 is 27.3 Å². The van der Waals surface area contributed by atoms with Crippen LogP contribution in [0.15, 0.2) is 15.9 Å². The Labute approximate surface area is 116 Å². The first-order valence-corrected chi connectivity index (χ1v) is 7.77. The molecule has 0 saturated carbocycles. The molecular formula is C12H20BrN3S. The van der Waals surface area contributed by atoms with E-state index in [-0.39, 0.29) is 0 Å². The molecule has 17 heavy (non-hydrogen) atoms. The molecule has 2 N–H and O–H groups in total. The fraction of sp³-hybridized carbons (Fsp3) is 0.667. The third-order valence-electron chi connectivity index (χ3n) is 3.22. The summed E-state index contributed by atoms with van der Waals surface area (Å²) in [6, 6.07) is 2.87. The normalized spacial score (nSPS) is 21.9. The number of nitrogens with zero attached hydrogens (tertiary/aromatic N) is 1. The fourth-order valence-corrected chi connectivity index (χ4v) is 3.53. The first-order chi connectivity index (χ1) is 8.25. The minimum atomic E-state index is 0.686. The van der Waals surface area contributed by atoms with Gasteiger partial charge in [0.1, 0.15) is 0 Å². The minimum Gasteiger partial charge on any atom is -0.314 e. The summed E-state index contributed by atoms with van der Waals surface area (Å²) in [7, 11) is 2.22. The Morgan fingerprint density at radius 2 is 2.53 bits per heavy atom. The monoisotopic (exact) mass is 317 g/mol. The Balaban J connectivity index is 1.62. The van der Waals surface area contributed by atoms with Gasteiger partial charge in [-0.05, 0) is 42.0 Å². The van der Waals surface area contributed by atoms with Crippen molar-refractivity contribution in [1.82, 2.24) is 15.5 Å². The second-order valence-corrected chi connectivity index (χ2v) is 6.45. The van der Waals surface area contributed by atoms with Gasteiger partial charge in [-0.1, -0.05) is 0 Å². The average molecular weight is 318 g/mol. The van der Waals surface area contributed by atoms with Crippen LogP contribution in [0.5, 0.6) is 0 Å². The summed E-state index contributed by atoms with van der Waals surface area (Å²) in [6.45, 7) is 5.50. The smallest absolute Gasteiger partial charge is 0.0300 e. The molecule has 1 aliphatic heterocycles. The summed E-state index contributed by atoms with van der Waals surface area (Å²) in [5, 5.41) is 9.11. The van der Waals surface area contributed by atoms with Crippen molar-refractivity contribution >= 4 is 27.3 Å². The Bertz CT molecular complexity index is 342. The highest BCUT2D eigenvalue weighted by molar-refractivity contribution is 9.10. The summed E-state index contributed by atoms with van der Waals surface area (Å²) in [5.41, 5.74) is 0. The van der Waals surface area contributed by atoms with Crippen LogP contribution in [-0.4, -0.2) is 44.2 Å². The van der Waals surface area contributed by atoms with Crippen molar-refractivity contribution in [3.05, 3.63) is 20.8 Å². The second kappa shape index (κ2) is 6.85. The summed E-state index contributed by atoms with van der Waals surface area (Å²) in [5.74, 6) is 0. The van der Waals surface area contributed by atoms with Gasteiger partial charge in [0.15, 0.2) is 0 Å². The molecule has 2 heterocycles. The maximum absolute atomic E-state index is 3.52. The van der Waals surface area contributed by atoms with Crippen LogP contribution in [0, 0.1) is 0 Å². The highest BCUT2D eigenvalue weighted by Crippen LogP contribution is 2.19. The molecule has 5 heteroatoms. The highest BCUT2D eigenvalue weighted by Gasteiger charge is 2.17. The van der Waals surface area contributed by atoms with E-state index >= 15 is 0 Å².